The number of piperazine rings is 1. The molecular formula is C14H20N6OS. The SMILES string of the molecule is CCc1ccc(CN2CCN(C(=O)Cn3cnnn3)CC2)s1. The number of thiophene rings is 1. The van der Waals surface area contributed by atoms with Crippen LogP contribution in [-0.2, 0) is 24.3 Å². The van der Waals surface area contributed by atoms with E-state index in [4.69, 9.17) is 0 Å². The van der Waals surface area contributed by atoms with E-state index in [0.717, 1.165) is 39.1 Å². The van der Waals surface area contributed by atoms with Crippen LogP contribution in [-0.4, -0.2) is 62.1 Å². The molecule has 22 heavy (non-hydrogen) atoms. The standard InChI is InChI=1S/C14H20N6OS/c1-2-12-3-4-13(22-12)9-18-5-7-19(8-6-18)14(21)10-20-11-15-16-17-20/h3-4,11H,2,5-10H2,1H3. The first-order chi connectivity index (χ1) is 10.7. The Bertz CT molecular complexity index is 603. The van der Waals surface area contributed by atoms with Crippen LogP contribution in [0.5, 0.6) is 0 Å². The first kappa shape index (κ1) is 15.1. The van der Waals surface area contributed by atoms with Crippen molar-refractivity contribution in [2.45, 2.75) is 26.4 Å². The topological polar surface area (TPSA) is 67.2 Å². The molecule has 0 aliphatic carbocycles. The lowest BCUT2D eigenvalue weighted by molar-refractivity contribution is -0.133. The van der Waals surface area contributed by atoms with Crippen LogP contribution in [0.3, 0.4) is 0 Å². The zero-order chi connectivity index (χ0) is 15.4. The number of tetrazole rings is 1. The molecule has 1 aliphatic heterocycles. The van der Waals surface area contributed by atoms with Crippen LogP contribution >= 0.6 is 11.3 Å². The van der Waals surface area contributed by atoms with Gasteiger partial charge in [-0.15, -0.1) is 16.4 Å². The third-order valence-corrected chi connectivity index (χ3v) is 5.07. The molecule has 0 bridgehead atoms. The Labute approximate surface area is 133 Å². The molecule has 2 aromatic heterocycles. The second kappa shape index (κ2) is 6.97. The highest BCUT2D eigenvalue weighted by atomic mass is 32.1. The van der Waals surface area contributed by atoms with Crippen molar-refractivity contribution in [3.8, 4) is 0 Å². The van der Waals surface area contributed by atoms with Gasteiger partial charge in [-0.2, -0.15) is 0 Å². The zero-order valence-corrected chi connectivity index (χ0v) is 13.5. The van der Waals surface area contributed by atoms with E-state index in [2.05, 4.69) is 39.5 Å². The third kappa shape index (κ3) is 3.69. The lowest BCUT2D eigenvalue weighted by Crippen LogP contribution is -2.49. The average Bonchev–Trinajstić information content (AvgIpc) is 3.19. The molecule has 8 heteroatoms. The molecule has 3 heterocycles. The predicted octanol–water partition coefficient (Wildman–Crippen LogP) is 0.641. The molecule has 1 aliphatic rings. The normalized spacial score (nSPS) is 16.1. The zero-order valence-electron chi connectivity index (χ0n) is 12.7. The first-order valence-electron chi connectivity index (χ1n) is 7.53. The lowest BCUT2D eigenvalue weighted by Gasteiger charge is -2.34. The Kier molecular flexibility index (Phi) is 4.79. The van der Waals surface area contributed by atoms with Crippen LogP contribution in [0.2, 0.25) is 0 Å². The van der Waals surface area contributed by atoms with Gasteiger partial charge in [0.2, 0.25) is 5.91 Å². The van der Waals surface area contributed by atoms with Gasteiger partial charge in [-0.25, -0.2) is 4.68 Å². The van der Waals surface area contributed by atoms with Crippen molar-refractivity contribution in [2.75, 3.05) is 26.2 Å². The Morgan fingerprint density at radius 2 is 2.00 bits per heavy atom. The Balaban J connectivity index is 1.46. The molecule has 1 saturated heterocycles. The fourth-order valence-corrected chi connectivity index (χ4v) is 3.56. The summed E-state index contributed by atoms with van der Waals surface area (Å²) in [6, 6.07) is 4.44. The van der Waals surface area contributed by atoms with Gasteiger partial charge in [0.15, 0.2) is 0 Å². The molecule has 0 N–H and O–H groups in total. The highest BCUT2D eigenvalue weighted by Gasteiger charge is 2.21. The minimum absolute atomic E-state index is 0.0799. The van der Waals surface area contributed by atoms with Gasteiger partial charge in [0.1, 0.15) is 12.9 Å². The monoisotopic (exact) mass is 320 g/mol. The number of hydrogen-bond donors (Lipinski definition) is 0. The highest BCUT2D eigenvalue weighted by molar-refractivity contribution is 7.11. The number of carbonyl (C=O) groups excluding carboxylic acids is 1. The summed E-state index contributed by atoms with van der Waals surface area (Å²) in [5.74, 6) is 0.0799. The van der Waals surface area contributed by atoms with E-state index in [1.807, 2.05) is 16.2 Å². The van der Waals surface area contributed by atoms with E-state index in [1.54, 1.807) is 0 Å². The molecule has 7 nitrogen and oxygen atoms in total. The van der Waals surface area contributed by atoms with Gasteiger partial charge in [-0.3, -0.25) is 9.69 Å². The van der Waals surface area contributed by atoms with E-state index >= 15 is 0 Å². The molecule has 0 spiro atoms. The number of hydrogen-bond acceptors (Lipinski definition) is 6. The van der Waals surface area contributed by atoms with Gasteiger partial charge in [0, 0.05) is 42.5 Å². The second-order valence-electron chi connectivity index (χ2n) is 5.39. The second-order valence-corrected chi connectivity index (χ2v) is 6.64. The molecule has 0 radical (unpaired) electrons. The Morgan fingerprint density at radius 1 is 1.23 bits per heavy atom. The van der Waals surface area contributed by atoms with Crippen molar-refractivity contribution in [2.24, 2.45) is 0 Å². The summed E-state index contributed by atoms with van der Waals surface area (Å²) in [5, 5.41) is 10.8. The maximum Gasteiger partial charge on any atom is 0.244 e. The molecule has 0 aromatic carbocycles. The quantitative estimate of drug-likeness (QED) is 0.809. The summed E-state index contributed by atoms with van der Waals surface area (Å²) in [7, 11) is 0. The minimum atomic E-state index is 0.0799. The molecule has 1 amide bonds. The summed E-state index contributed by atoms with van der Waals surface area (Å²) in [4.78, 5) is 19.3. The predicted molar refractivity (Wildman–Crippen MR) is 83.4 cm³/mol. The Hall–Kier alpha value is -1.80. The highest BCUT2D eigenvalue weighted by Crippen LogP contribution is 2.19. The number of nitrogens with zero attached hydrogens (tertiary/aromatic N) is 6. The summed E-state index contributed by atoms with van der Waals surface area (Å²) in [6.07, 6.45) is 2.57. The number of rotatable bonds is 5. The summed E-state index contributed by atoms with van der Waals surface area (Å²) >= 11 is 1.89. The average molecular weight is 320 g/mol. The fourth-order valence-electron chi connectivity index (χ4n) is 2.56. The smallest absolute Gasteiger partial charge is 0.244 e. The lowest BCUT2D eigenvalue weighted by atomic mass is 10.3. The van der Waals surface area contributed by atoms with Gasteiger partial charge in [-0.1, -0.05) is 6.92 Å². The van der Waals surface area contributed by atoms with Crippen LogP contribution in [0, 0.1) is 0 Å². The van der Waals surface area contributed by atoms with Gasteiger partial charge in [0.25, 0.3) is 0 Å². The molecule has 2 aromatic rings. The fraction of sp³-hybridized carbons (Fsp3) is 0.571. The molecule has 3 rings (SSSR count). The van der Waals surface area contributed by atoms with Crippen molar-refractivity contribution in [3.05, 3.63) is 28.2 Å². The number of amides is 1. The summed E-state index contributed by atoms with van der Waals surface area (Å²) < 4.78 is 1.46. The van der Waals surface area contributed by atoms with Crippen molar-refractivity contribution in [1.29, 1.82) is 0 Å². The van der Waals surface area contributed by atoms with Crippen LogP contribution < -0.4 is 0 Å². The number of aromatic nitrogens is 4. The molecule has 0 atom stereocenters. The van der Waals surface area contributed by atoms with E-state index in [-0.39, 0.29) is 12.5 Å². The van der Waals surface area contributed by atoms with Crippen LogP contribution in [0.4, 0.5) is 0 Å². The maximum atomic E-state index is 12.2. The van der Waals surface area contributed by atoms with Crippen molar-refractivity contribution >= 4 is 17.2 Å². The molecule has 0 saturated carbocycles. The number of carbonyl (C=O) groups is 1. The van der Waals surface area contributed by atoms with Gasteiger partial charge >= 0.3 is 0 Å². The minimum Gasteiger partial charge on any atom is -0.339 e. The van der Waals surface area contributed by atoms with Crippen LogP contribution in [0.15, 0.2) is 18.5 Å². The molecule has 1 fully saturated rings. The Morgan fingerprint density at radius 3 is 2.64 bits per heavy atom. The van der Waals surface area contributed by atoms with E-state index < -0.39 is 0 Å². The van der Waals surface area contributed by atoms with Crippen molar-refractivity contribution in [1.82, 2.24) is 30.0 Å². The van der Waals surface area contributed by atoms with E-state index in [1.165, 1.54) is 20.8 Å². The summed E-state index contributed by atoms with van der Waals surface area (Å²) in [6.45, 7) is 6.77. The third-order valence-electron chi connectivity index (χ3n) is 3.86. The van der Waals surface area contributed by atoms with Gasteiger partial charge in [-0.05, 0) is 29.0 Å². The molecule has 118 valence electrons. The van der Waals surface area contributed by atoms with Crippen molar-refractivity contribution in [3.63, 3.8) is 0 Å². The van der Waals surface area contributed by atoms with Gasteiger partial charge in [0.05, 0.1) is 0 Å². The van der Waals surface area contributed by atoms with Crippen LogP contribution in [0.25, 0.3) is 0 Å². The van der Waals surface area contributed by atoms with Crippen molar-refractivity contribution < 1.29 is 4.79 Å². The summed E-state index contributed by atoms with van der Waals surface area (Å²) in [5.41, 5.74) is 0. The maximum absolute atomic E-state index is 12.2. The molecule has 0 unspecified atom stereocenters. The number of aryl methyl sites for hydroxylation is 1. The first-order valence-corrected chi connectivity index (χ1v) is 8.34. The largest absolute Gasteiger partial charge is 0.339 e. The van der Waals surface area contributed by atoms with Gasteiger partial charge < -0.3 is 4.90 Å². The van der Waals surface area contributed by atoms with E-state index in [9.17, 15) is 4.79 Å². The van der Waals surface area contributed by atoms with E-state index in [0.29, 0.717) is 0 Å². The van der Waals surface area contributed by atoms with Crippen LogP contribution in [0.1, 0.15) is 16.7 Å². The molecular weight excluding hydrogens is 300 g/mol.